The molecular weight excluding hydrogens is 184 g/mol. The minimum Gasteiger partial charge on any atom is -0.480 e. The van der Waals surface area contributed by atoms with E-state index in [9.17, 15) is 9.59 Å². The van der Waals surface area contributed by atoms with E-state index >= 15 is 0 Å². The van der Waals surface area contributed by atoms with Crippen LogP contribution in [-0.4, -0.2) is 22.2 Å². The Labute approximate surface area is 82.9 Å². The fraction of sp³-hybridized carbons (Fsp3) is 0.800. The molecule has 0 bridgehead atoms. The summed E-state index contributed by atoms with van der Waals surface area (Å²) in [6, 6.07) is 0. The maximum atomic E-state index is 11.0. The zero-order valence-electron chi connectivity index (χ0n) is 8.49. The van der Waals surface area contributed by atoms with Gasteiger partial charge >= 0.3 is 11.9 Å². The number of carboxylic acids is 2. The van der Waals surface area contributed by atoms with E-state index in [0.29, 0.717) is 6.42 Å². The van der Waals surface area contributed by atoms with Crippen molar-refractivity contribution in [3.8, 4) is 0 Å². The average Bonchev–Trinajstić information content (AvgIpc) is 2.49. The van der Waals surface area contributed by atoms with E-state index in [1.807, 2.05) is 6.92 Å². The van der Waals surface area contributed by atoms with Gasteiger partial charge in [0.15, 0.2) is 5.41 Å². The Morgan fingerprint density at radius 3 is 2.00 bits per heavy atom. The molecule has 1 fully saturated rings. The minimum absolute atomic E-state index is 0.187. The van der Waals surface area contributed by atoms with Crippen molar-refractivity contribution in [3.63, 3.8) is 0 Å². The third kappa shape index (κ3) is 1.49. The summed E-state index contributed by atoms with van der Waals surface area (Å²) in [5.74, 6) is -2.49. The third-order valence-electron chi connectivity index (χ3n) is 3.49. The minimum atomic E-state index is -1.62. The predicted molar refractivity (Wildman–Crippen MR) is 49.9 cm³/mol. The second-order valence-corrected chi connectivity index (χ2v) is 4.33. The molecule has 0 heterocycles. The molecule has 4 nitrogen and oxygen atoms in total. The van der Waals surface area contributed by atoms with Crippen molar-refractivity contribution >= 4 is 11.9 Å². The molecule has 0 aliphatic heterocycles. The third-order valence-corrected chi connectivity index (χ3v) is 3.49. The Morgan fingerprint density at radius 2 is 1.71 bits per heavy atom. The van der Waals surface area contributed by atoms with Crippen molar-refractivity contribution < 1.29 is 19.8 Å². The van der Waals surface area contributed by atoms with E-state index in [-0.39, 0.29) is 11.8 Å². The second-order valence-electron chi connectivity index (χ2n) is 4.33. The van der Waals surface area contributed by atoms with Crippen LogP contribution in [0.4, 0.5) is 0 Å². The molecule has 1 aliphatic carbocycles. The number of rotatable bonds is 3. The molecule has 0 saturated heterocycles. The highest BCUT2D eigenvalue weighted by Crippen LogP contribution is 2.44. The summed E-state index contributed by atoms with van der Waals surface area (Å²) < 4.78 is 0. The van der Waals surface area contributed by atoms with Gasteiger partial charge in [0.25, 0.3) is 0 Å². The Morgan fingerprint density at radius 1 is 1.21 bits per heavy atom. The first-order valence-electron chi connectivity index (χ1n) is 4.87. The van der Waals surface area contributed by atoms with Crippen molar-refractivity contribution in [1.29, 1.82) is 0 Å². The van der Waals surface area contributed by atoms with E-state index < -0.39 is 17.4 Å². The van der Waals surface area contributed by atoms with Crippen LogP contribution in [0.5, 0.6) is 0 Å². The summed E-state index contributed by atoms with van der Waals surface area (Å²) in [7, 11) is 0. The number of carboxylic acid groups (broad SMARTS) is 2. The molecule has 1 saturated carbocycles. The van der Waals surface area contributed by atoms with Gasteiger partial charge in [-0.15, -0.1) is 0 Å². The number of hydrogen-bond acceptors (Lipinski definition) is 2. The van der Waals surface area contributed by atoms with E-state index in [4.69, 9.17) is 10.2 Å². The van der Waals surface area contributed by atoms with Gasteiger partial charge in [0.05, 0.1) is 0 Å². The van der Waals surface area contributed by atoms with E-state index in [1.54, 1.807) is 0 Å². The van der Waals surface area contributed by atoms with Gasteiger partial charge in [0.1, 0.15) is 0 Å². The van der Waals surface area contributed by atoms with Crippen molar-refractivity contribution in [2.45, 2.75) is 33.1 Å². The maximum Gasteiger partial charge on any atom is 0.321 e. The van der Waals surface area contributed by atoms with E-state index in [0.717, 1.165) is 12.8 Å². The summed E-state index contributed by atoms with van der Waals surface area (Å²) in [4.78, 5) is 22.0. The molecule has 14 heavy (non-hydrogen) atoms. The molecule has 0 aromatic rings. The lowest BCUT2D eigenvalue weighted by atomic mass is 9.72. The van der Waals surface area contributed by atoms with Crippen LogP contribution < -0.4 is 0 Å². The molecule has 2 N–H and O–H groups in total. The molecule has 0 aromatic carbocycles. The molecule has 1 rings (SSSR count). The second kappa shape index (κ2) is 3.59. The van der Waals surface area contributed by atoms with Crippen LogP contribution in [0.15, 0.2) is 0 Å². The van der Waals surface area contributed by atoms with Crippen LogP contribution in [0.1, 0.15) is 33.1 Å². The number of hydrogen-bond donors (Lipinski definition) is 2. The summed E-state index contributed by atoms with van der Waals surface area (Å²) in [6.45, 7) is 3.26. The lowest BCUT2D eigenvalue weighted by Gasteiger charge is -2.29. The number of carbonyl (C=O) groups is 2. The molecule has 0 amide bonds. The fourth-order valence-corrected chi connectivity index (χ4v) is 2.41. The van der Waals surface area contributed by atoms with Gasteiger partial charge in [-0.05, 0) is 25.2 Å². The molecule has 2 atom stereocenters. The van der Waals surface area contributed by atoms with Crippen molar-refractivity contribution in [2.24, 2.45) is 17.3 Å². The largest absolute Gasteiger partial charge is 0.480 e. The quantitative estimate of drug-likeness (QED) is 0.678. The molecule has 0 aromatic heterocycles. The lowest BCUT2D eigenvalue weighted by molar-refractivity contribution is -0.168. The number of aliphatic carboxylic acids is 2. The van der Waals surface area contributed by atoms with Crippen molar-refractivity contribution in [2.75, 3.05) is 0 Å². The van der Waals surface area contributed by atoms with Crippen LogP contribution in [0, 0.1) is 17.3 Å². The van der Waals surface area contributed by atoms with Crippen LogP contribution >= 0.6 is 0 Å². The monoisotopic (exact) mass is 200 g/mol. The van der Waals surface area contributed by atoms with Crippen LogP contribution in [0.2, 0.25) is 0 Å². The van der Waals surface area contributed by atoms with Crippen LogP contribution in [-0.2, 0) is 9.59 Å². The first kappa shape index (κ1) is 11.0. The van der Waals surface area contributed by atoms with Crippen molar-refractivity contribution in [3.05, 3.63) is 0 Å². The topological polar surface area (TPSA) is 74.6 Å². The average molecular weight is 200 g/mol. The van der Waals surface area contributed by atoms with E-state index in [2.05, 4.69) is 0 Å². The van der Waals surface area contributed by atoms with Gasteiger partial charge in [-0.1, -0.05) is 19.8 Å². The fourth-order valence-electron chi connectivity index (χ4n) is 2.41. The normalized spacial score (nSPS) is 27.6. The molecule has 80 valence electrons. The Hall–Kier alpha value is -1.06. The Kier molecular flexibility index (Phi) is 2.83. The standard InChI is InChI=1S/C10H16O4/c1-6-4-3-5-7(6)10(2,8(11)12)9(13)14/h6-7H,3-5H2,1-2H3,(H,11,12)(H,13,14)/t6-,7-/m0/s1. The molecule has 0 spiro atoms. The predicted octanol–water partition coefficient (Wildman–Crippen LogP) is 1.60. The molecule has 0 unspecified atom stereocenters. The van der Waals surface area contributed by atoms with Crippen LogP contribution in [0.3, 0.4) is 0 Å². The highest BCUT2D eigenvalue weighted by atomic mass is 16.4. The van der Waals surface area contributed by atoms with Gasteiger partial charge < -0.3 is 10.2 Å². The highest BCUT2D eigenvalue weighted by Gasteiger charge is 2.51. The first-order chi connectivity index (χ1) is 6.40. The smallest absolute Gasteiger partial charge is 0.321 e. The Bertz CT molecular complexity index is 245. The zero-order valence-corrected chi connectivity index (χ0v) is 8.49. The van der Waals surface area contributed by atoms with Gasteiger partial charge in [-0.25, -0.2) is 0 Å². The summed E-state index contributed by atoms with van der Waals surface area (Å²) in [5.41, 5.74) is -1.62. The van der Waals surface area contributed by atoms with Gasteiger partial charge in [-0.3, -0.25) is 9.59 Å². The lowest BCUT2D eigenvalue weighted by Crippen LogP contribution is -2.44. The zero-order chi connectivity index (χ0) is 10.9. The van der Waals surface area contributed by atoms with E-state index in [1.165, 1.54) is 6.92 Å². The summed E-state index contributed by atoms with van der Waals surface area (Å²) >= 11 is 0. The Balaban J connectivity index is 2.98. The molecule has 4 heteroatoms. The molecule has 1 aliphatic rings. The van der Waals surface area contributed by atoms with Gasteiger partial charge in [0, 0.05) is 0 Å². The molecular formula is C10H16O4. The summed E-state index contributed by atoms with van der Waals surface area (Å²) in [5, 5.41) is 18.0. The summed E-state index contributed by atoms with van der Waals surface area (Å²) in [6.07, 6.45) is 2.57. The van der Waals surface area contributed by atoms with Crippen molar-refractivity contribution in [1.82, 2.24) is 0 Å². The first-order valence-corrected chi connectivity index (χ1v) is 4.87. The van der Waals surface area contributed by atoms with Crippen LogP contribution in [0.25, 0.3) is 0 Å². The maximum absolute atomic E-state index is 11.0. The SMILES string of the molecule is C[C@H]1CCC[C@@H]1C(C)(C(=O)O)C(=O)O. The van der Waals surface area contributed by atoms with Gasteiger partial charge in [0.2, 0.25) is 0 Å². The van der Waals surface area contributed by atoms with Gasteiger partial charge in [-0.2, -0.15) is 0 Å². The molecule has 0 radical (unpaired) electrons. The highest BCUT2D eigenvalue weighted by molar-refractivity contribution is 5.98.